The molecule has 0 aromatic heterocycles. The van der Waals surface area contributed by atoms with Crippen LogP contribution in [0.2, 0.25) is 5.02 Å². The Labute approximate surface area is 197 Å². The maximum absolute atomic E-state index is 6.46. The molecule has 1 aliphatic rings. The molecule has 3 aromatic carbocycles. The lowest BCUT2D eigenvalue weighted by Crippen LogP contribution is -2.41. The molecule has 0 saturated carbocycles. The normalized spacial score (nSPS) is 15.6. The molecule has 1 atom stereocenters. The molecule has 4 rings (SSSR count). The summed E-state index contributed by atoms with van der Waals surface area (Å²) in [4.78, 5) is 7.35. The number of rotatable bonds is 9. The van der Waals surface area contributed by atoms with E-state index < -0.39 is 0 Å². The monoisotopic (exact) mass is 445 g/mol. The van der Waals surface area contributed by atoms with E-state index in [1.807, 2.05) is 12.1 Å². The van der Waals surface area contributed by atoms with E-state index in [0.29, 0.717) is 6.04 Å². The molecule has 166 valence electrons. The largest absolute Gasteiger partial charge is 0.338 e. The third-order valence-electron chi connectivity index (χ3n) is 6.10. The first-order valence-electron chi connectivity index (χ1n) is 11.6. The third kappa shape index (κ3) is 6.14. The first-order valence-corrected chi connectivity index (χ1v) is 12.0. The van der Waals surface area contributed by atoms with Crippen molar-refractivity contribution in [1.29, 1.82) is 0 Å². The van der Waals surface area contributed by atoms with Crippen LogP contribution >= 0.6 is 11.6 Å². The van der Waals surface area contributed by atoms with Crippen molar-refractivity contribution >= 4 is 23.2 Å². The molecular weight excluding hydrogens is 414 g/mol. The van der Waals surface area contributed by atoms with Crippen molar-refractivity contribution < 1.29 is 0 Å². The Morgan fingerprint density at radius 3 is 2.31 bits per heavy atom. The summed E-state index contributed by atoms with van der Waals surface area (Å²) < 4.78 is 0. The predicted octanol–water partition coefficient (Wildman–Crippen LogP) is 6.76. The van der Waals surface area contributed by atoms with Gasteiger partial charge in [0.25, 0.3) is 0 Å². The Bertz CT molecular complexity index is 1020. The second-order valence-electron chi connectivity index (χ2n) is 8.59. The van der Waals surface area contributed by atoms with Crippen LogP contribution < -0.4 is 5.32 Å². The quantitative estimate of drug-likeness (QED) is 0.368. The van der Waals surface area contributed by atoms with Crippen molar-refractivity contribution in [1.82, 2.24) is 4.90 Å². The molecule has 0 spiro atoms. The minimum Gasteiger partial charge on any atom is -0.338 e. The maximum atomic E-state index is 6.46. The number of aryl methyl sites for hydroxylation is 3. The number of guanidine groups is 1. The summed E-state index contributed by atoms with van der Waals surface area (Å²) in [6.45, 7) is 3.92. The molecule has 4 heteroatoms. The van der Waals surface area contributed by atoms with Crippen molar-refractivity contribution in [3.8, 4) is 0 Å². The van der Waals surface area contributed by atoms with Crippen LogP contribution in [-0.2, 0) is 12.8 Å². The molecule has 3 aromatic rings. The standard InChI is InChI=1S/C28H32ClN3/c1-22-15-18-26(29)27(20-22)31-28-30-21-25(17-16-24-12-6-3-7-13-24)32(28)19-9-8-14-23-10-4-2-5-11-23/h2-7,10-13,15,18,20,25H,8-9,14,16-17,19,21H2,1H3,(H,30,31)/t25-/m0/s1. The number of hydrogen-bond donors (Lipinski definition) is 1. The summed E-state index contributed by atoms with van der Waals surface area (Å²) >= 11 is 6.46. The molecule has 0 amide bonds. The fraction of sp³-hybridized carbons (Fsp3) is 0.321. The molecule has 0 aliphatic carbocycles. The molecule has 0 bridgehead atoms. The number of nitrogens with one attached hydrogen (secondary N) is 1. The van der Waals surface area contributed by atoms with Crippen LogP contribution in [0.3, 0.4) is 0 Å². The molecule has 32 heavy (non-hydrogen) atoms. The molecule has 0 unspecified atom stereocenters. The van der Waals surface area contributed by atoms with E-state index in [1.165, 1.54) is 23.1 Å². The second-order valence-corrected chi connectivity index (χ2v) is 8.99. The van der Waals surface area contributed by atoms with Gasteiger partial charge in [-0.15, -0.1) is 0 Å². The van der Waals surface area contributed by atoms with Crippen molar-refractivity contribution in [2.45, 2.75) is 45.1 Å². The summed E-state index contributed by atoms with van der Waals surface area (Å²) in [5.74, 6) is 0.954. The summed E-state index contributed by atoms with van der Waals surface area (Å²) in [5, 5.41) is 4.26. The van der Waals surface area contributed by atoms with Crippen molar-refractivity contribution in [3.63, 3.8) is 0 Å². The smallest absolute Gasteiger partial charge is 0.198 e. The van der Waals surface area contributed by atoms with Crippen molar-refractivity contribution in [2.24, 2.45) is 4.99 Å². The van der Waals surface area contributed by atoms with E-state index in [1.54, 1.807) is 0 Å². The van der Waals surface area contributed by atoms with Gasteiger partial charge in [0.05, 0.1) is 23.3 Å². The Morgan fingerprint density at radius 2 is 1.59 bits per heavy atom. The lowest BCUT2D eigenvalue weighted by atomic mass is 10.0. The average Bonchev–Trinajstić information content (AvgIpc) is 3.20. The Hall–Kier alpha value is -2.78. The molecule has 3 nitrogen and oxygen atoms in total. The van der Waals surface area contributed by atoms with Gasteiger partial charge in [-0.3, -0.25) is 4.99 Å². The maximum Gasteiger partial charge on any atom is 0.198 e. The molecule has 1 N–H and O–H groups in total. The SMILES string of the molecule is Cc1ccc(Cl)c(NC2=NC[C@H](CCc3ccccc3)N2CCCCc2ccccc2)c1. The van der Waals surface area contributed by atoms with Gasteiger partial charge >= 0.3 is 0 Å². The highest BCUT2D eigenvalue weighted by Gasteiger charge is 2.27. The lowest BCUT2D eigenvalue weighted by Gasteiger charge is -2.29. The number of aliphatic imine (C=N–C) groups is 1. The van der Waals surface area contributed by atoms with Gasteiger partial charge in [0.1, 0.15) is 0 Å². The van der Waals surface area contributed by atoms with E-state index in [2.05, 4.69) is 83.9 Å². The summed E-state index contributed by atoms with van der Waals surface area (Å²) in [5.41, 5.74) is 4.92. The number of anilines is 1. The Kier molecular flexibility index (Phi) is 7.84. The highest BCUT2D eigenvalue weighted by molar-refractivity contribution is 6.33. The van der Waals surface area contributed by atoms with E-state index in [0.717, 1.165) is 55.4 Å². The highest BCUT2D eigenvalue weighted by Crippen LogP contribution is 2.25. The van der Waals surface area contributed by atoms with Gasteiger partial charge in [-0.25, -0.2) is 0 Å². The highest BCUT2D eigenvalue weighted by atomic mass is 35.5. The minimum absolute atomic E-state index is 0.415. The zero-order valence-corrected chi connectivity index (χ0v) is 19.6. The fourth-order valence-corrected chi connectivity index (χ4v) is 4.46. The van der Waals surface area contributed by atoms with Crippen LogP contribution in [0.4, 0.5) is 5.69 Å². The van der Waals surface area contributed by atoms with Crippen molar-refractivity contribution in [2.75, 3.05) is 18.4 Å². The van der Waals surface area contributed by atoms with E-state index in [-0.39, 0.29) is 0 Å². The lowest BCUT2D eigenvalue weighted by molar-refractivity contribution is 0.319. The van der Waals surface area contributed by atoms with Crippen molar-refractivity contribution in [3.05, 3.63) is 101 Å². The number of halogens is 1. The average molecular weight is 446 g/mol. The van der Waals surface area contributed by atoms with E-state index in [4.69, 9.17) is 16.6 Å². The number of benzene rings is 3. The van der Waals surface area contributed by atoms with E-state index in [9.17, 15) is 0 Å². The number of nitrogens with zero attached hydrogens (tertiary/aromatic N) is 2. The second kappa shape index (κ2) is 11.2. The summed E-state index contributed by atoms with van der Waals surface area (Å²) in [7, 11) is 0. The van der Waals surface area contributed by atoms with Gasteiger partial charge in [0.2, 0.25) is 0 Å². The Morgan fingerprint density at radius 1 is 0.906 bits per heavy atom. The summed E-state index contributed by atoms with van der Waals surface area (Å²) in [6.07, 6.45) is 5.59. The van der Waals surface area contributed by atoms with Crippen LogP contribution in [0.1, 0.15) is 36.0 Å². The summed E-state index contributed by atoms with van der Waals surface area (Å²) in [6, 6.07) is 28.0. The zero-order valence-electron chi connectivity index (χ0n) is 18.8. The van der Waals surface area contributed by atoms with Gasteiger partial charge in [-0.05, 0) is 67.9 Å². The molecule has 0 radical (unpaired) electrons. The van der Waals surface area contributed by atoms with Crippen LogP contribution in [-0.4, -0.2) is 30.0 Å². The topological polar surface area (TPSA) is 27.6 Å². The van der Waals surface area contributed by atoms with Gasteiger partial charge in [0.15, 0.2) is 5.96 Å². The van der Waals surface area contributed by atoms with Gasteiger partial charge in [-0.2, -0.15) is 0 Å². The number of unbranched alkanes of at least 4 members (excludes halogenated alkanes) is 1. The molecule has 0 fully saturated rings. The van der Waals surface area contributed by atoms with Gasteiger partial charge in [0, 0.05) is 6.54 Å². The van der Waals surface area contributed by atoms with Crippen LogP contribution in [0.5, 0.6) is 0 Å². The minimum atomic E-state index is 0.415. The first-order chi connectivity index (χ1) is 15.7. The molecule has 0 saturated heterocycles. The Balaban J connectivity index is 1.40. The zero-order chi connectivity index (χ0) is 22.2. The number of hydrogen-bond acceptors (Lipinski definition) is 3. The predicted molar refractivity (Wildman–Crippen MR) is 137 cm³/mol. The third-order valence-corrected chi connectivity index (χ3v) is 6.43. The van der Waals surface area contributed by atoms with Gasteiger partial charge < -0.3 is 10.2 Å². The first kappa shape index (κ1) is 22.4. The van der Waals surface area contributed by atoms with Crippen LogP contribution in [0.15, 0.2) is 83.9 Å². The molecule has 1 aliphatic heterocycles. The molecule has 1 heterocycles. The van der Waals surface area contributed by atoms with Gasteiger partial charge in [-0.1, -0.05) is 78.3 Å². The fourth-order valence-electron chi connectivity index (χ4n) is 4.29. The van der Waals surface area contributed by atoms with E-state index >= 15 is 0 Å². The van der Waals surface area contributed by atoms with Crippen LogP contribution in [0.25, 0.3) is 0 Å². The molecular formula is C28H32ClN3. The van der Waals surface area contributed by atoms with Crippen LogP contribution in [0, 0.1) is 6.92 Å².